The summed E-state index contributed by atoms with van der Waals surface area (Å²) < 4.78 is 0. The number of rotatable bonds is 8. The smallest absolute Gasteiger partial charge is 0.807 e. The van der Waals surface area contributed by atoms with Gasteiger partial charge in [0.2, 0.25) is 0 Å². The Morgan fingerprint density at radius 1 is 0.569 bits per heavy atom. The van der Waals surface area contributed by atoms with E-state index in [1.54, 1.807) is 0 Å². The Hall–Kier alpha value is -1.58. The van der Waals surface area contributed by atoms with Crippen molar-refractivity contribution in [2.75, 3.05) is 0 Å². The van der Waals surface area contributed by atoms with Gasteiger partial charge in [0.1, 0.15) is 11.5 Å². The maximum absolute atomic E-state index is 10.3. The van der Waals surface area contributed by atoms with Gasteiger partial charge in [-0.15, -0.1) is 5.71 Å². The molecule has 0 fully saturated rings. The van der Waals surface area contributed by atoms with Crippen LogP contribution in [0.25, 0.3) is 5.32 Å². The van der Waals surface area contributed by atoms with E-state index in [4.69, 9.17) is 10.3 Å². The van der Waals surface area contributed by atoms with Crippen LogP contribution in [0.4, 0.5) is 0 Å². The number of aromatic hydroxyl groups is 2. The molecule has 2 aromatic rings. The molecule has 0 aromatic heterocycles. The van der Waals surface area contributed by atoms with Crippen LogP contribution in [0, 0.1) is 6.04 Å². The van der Waals surface area contributed by atoms with Crippen molar-refractivity contribution in [2.24, 2.45) is 4.99 Å². The summed E-state index contributed by atoms with van der Waals surface area (Å²) in [6.07, 6.45) is 6.94. The second-order valence-electron chi connectivity index (χ2n) is 20.1. The average molecular weight is 784 g/mol. The Morgan fingerprint density at radius 3 is 1.12 bits per heavy atom. The number of phenols is 2. The summed E-state index contributed by atoms with van der Waals surface area (Å²) in [7, 11) is 0. The van der Waals surface area contributed by atoms with E-state index in [1.807, 2.05) is 36.4 Å². The monoisotopic (exact) mass is 783 g/mol. The first-order valence-corrected chi connectivity index (χ1v) is 19.2. The maximum Gasteiger partial charge on any atom is 2.00 e. The van der Waals surface area contributed by atoms with Gasteiger partial charge in [-0.1, -0.05) is 180 Å². The summed E-state index contributed by atoms with van der Waals surface area (Å²) in [6.45, 7) is 43.0. The summed E-state index contributed by atoms with van der Waals surface area (Å²) in [4.78, 5) is 4.97. The minimum Gasteiger partial charge on any atom is -0.807 e. The zero-order valence-electron chi connectivity index (χ0n) is 37.0. The first kappa shape index (κ1) is 51.5. The maximum atomic E-state index is 10.3. The Balaban J connectivity index is 0. The van der Waals surface area contributed by atoms with Gasteiger partial charge in [-0.25, -0.2) is 0 Å². The third kappa shape index (κ3) is 19.9. The van der Waals surface area contributed by atoms with Crippen LogP contribution in [0.15, 0.2) is 41.4 Å². The van der Waals surface area contributed by atoms with E-state index < -0.39 is 0 Å². The van der Waals surface area contributed by atoms with Crippen molar-refractivity contribution in [3.63, 3.8) is 0 Å². The zero-order valence-corrected chi connectivity index (χ0v) is 39.5. The van der Waals surface area contributed by atoms with Gasteiger partial charge in [-0.05, 0) is 71.1 Å². The van der Waals surface area contributed by atoms with Gasteiger partial charge in [0, 0.05) is 5.54 Å². The third-order valence-electron chi connectivity index (χ3n) is 8.11. The van der Waals surface area contributed by atoms with Crippen molar-refractivity contribution >= 4 is 5.71 Å². The van der Waals surface area contributed by atoms with Crippen LogP contribution in [0.2, 0.25) is 0 Å². The molecule has 0 spiro atoms. The molecule has 0 bridgehead atoms. The predicted octanol–water partition coefficient (Wildman–Crippen LogP) is 14.3. The van der Waals surface area contributed by atoms with Gasteiger partial charge in [0.15, 0.2) is 0 Å². The number of nitrogens with zero attached hydrogens (tertiary/aromatic N) is 2. The first-order chi connectivity index (χ1) is 22.4. The minimum absolute atomic E-state index is 0. The summed E-state index contributed by atoms with van der Waals surface area (Å²) in [5.41, 5.74) is 5.26. The number of benzene rings is 2. The topological polar surface area (TPSA) is 66.9 Å². The molecule has 5 heteroatoms. The van der Waals surface area contributed by atoms with Gasteiger partial charge in [-0.2, -0.15) is 12.0 Å². The molecule has 0 saturated carbocycles. The van der Waals surface area contributed by atoms with Crippen molar-refractivity contribution in [1.82, 2.24) is 0 Å². The standard InChI is InChI=1S/C18H36N2.2C14H22O.Zr/c1-9-11-13-15(19-17(3,4)5)16(14-12-10-2)20-18(6,7)8;2*1-13(2,3)10-8-7-9-11(12(10)15)14(4,5)6;/h9-14H2,1-8H3;2*7-9,15H,1-6H3;/q-2;;;+2. The van der Waals surface area contributed by atoms with E-state index in [0.29, 0.717) is 11.5 Å². The average Bonchev–Trinajstić information content (AvgIpc) is 2.90. The number of aliphatic imine (C=N–C) groups is 1. The fraction of sp³-hybridized carbons (Fsp3) is 0.696. The van der Waals surface area contributed by atoms with Crippen molar-refractivity contribution in [3.05, 3.63) is 70.0 Å². The van der Waals surface area contributed by atoms with Crippen molar-refractivity contribution in [1.29, 1.82) is 0 Å². The van der Waals surface area contributed by atoms with Gasteiger partial charge in [-0.3, -0.25) is 0 Å². The molecule has 290 valence electrons. The molecule has 0 aliphatic heterocycles. The second-order valence-corrected chi connectivity index (χ2v) is 20.1. The largest absolute Gasteiger partial charge is 2.00 e. The SMILES string of the molecule is CC(C)(C)c1cccc(C(C)(C)C)c1O.CC(C)(C)c1cccc(C(C)(C)C)c1O.CCCCC(=NC(C)(C)C)[C-](CCCC)[N-]C(C)(C)C.[Zr+2]. The molecule has 0 aliphatic rings. The molecular formula is C46H80N2O2Zr. The molecule has 4 nitrogen and oxygen atoms in total. The number of unbranched alkanes of at least 4 members (excludes halogenated alkanes) is 2. The van der Waals surface area contributed by atoms with Gasteiger partial charge >= 0.3 is 26.2 Å². The van der Waals surface area contributed by atoms with Crippen LogP contribution < -0.4 is 0 Å². The molecule has 2 rings (SSSR count). The van der Waals surface area contributed by atoms with E-state index in [2.05, 4.69) is 138 Å². The second kappa shape index (κ2) is 20.8. The van der Waals surface area contributed by atoms with Gasteiger partial charge < -0.3 is 26.6 Å². The zero-order chi connectivity index (χ0) is 39.5. The molecule has 0 aliphatic carbocycles. The third-order valence-corrected chi connectivity index (χ3v) is 8.11. The molecule has 2 N–H and O–H groups in total. The quantitative estimate of drug-likeness (QED) is 0.207. The van der Waals surface area contributed by atoms with E-state index in [0.717, 1.165) is 35.1 Å². The number of hydrogen-bond donors (Lipinski definition) is 2. The molecular weight excluding hydrogens is 704 g/mol. The van der Waals surface area contributed by atoms with E-state index in [9.17, 15) is 10.2 Å². The van der Waals surface area contributed by atoms with E-state index in [-0.39, 0.29) is 58.9 Å². The summed E-state index contributed by atoms with van der Waals surface area (Å²) >= 11 is 0. The fourth-order valence-corrected chi connectivity index (χ4v) is 5.54. The normalized spacial score (nSPS) is 13.0. The van der Waals surface area contributed by atoms with Gasteiger partial charge in [0.25, 0.3) is 0 Å². The van der Waals surface area contributed by atoms with Gasteiger partial charge in [0.05, 0.1) is 0 Å². The van der Waals surface area contributed by atoms with Crippen LogP contribution in [0.1, 0.15) is 199 Å². The number of hydrogen-bond acceptors (Lipinski definition) is 3. The van der Waals surface area contributed by atoms with Crippen molar-refractivity contribution in [3.8, 4) is 11.5 Å². The summed E-state index contributed by atoms with van der Waals surface area (Å²) in [5.74, 6) is 0.912. The van der Waals surface area contributed by atoms with Crippen molar-refractivity contribution < 1.29 is 36.4 Å². The Labute approximate surface area is 336 Å². The summed E-state index contributed by atoms with van der Waals surface area (Å²) in [5, 5.41) is 25.5. The molecule has 51 heavy (non-hydrogen) atoms. The Kier molecular flexibility index (Phi) is 21.0. The molecule has 0 heterocycles. The first-order valence-electron chi connectivity index (χ1n) is 19.2. The van der Waals surface area contributed by atoms with Crippen molar-refractivity contribution in [2.45, 2.75) is 210 Å². The van der Waals surface area contributed by atoms with Crippen LogP contribution >= 0.6 is 0 Å². The number of phenolic OH excluding ortho intramolecular Hbond substituents is 2. The Morgan fingerprint density at radius 2 is 0.882 bits per heavy atom. The molecule has 0 amide bonds. The predicted molar refractivity (Wildman–Crippen MR) is 224 cm³/mol. The van der Waals surface area contributed by atoms with E-state index in [1.165, 1.54) is 37.4 Å². The Bertz CT molecular complexity index is 1180. The number of para-hydroxylation sites is 2. The van der Waals surface area contributed by atoms with Crippen LogP contribution in [0.3, 0.4) is 0 Å². The molecule has 2 aromatic carbocycles. The minimum atomic E-state index is -0.0199. The van der Waals surface area contributed by atoms with E-state index >= 15 is 0 Å². The molecule has 0 saturated heterocycles. The molecule has 0 radical (unpaired) electrons. The van der Waals surface area contributed by atoms with Crippen LogP contribution in [-0.2, 0) is 47.9 Å². The fourth-order valence-electron chi connectivity index (χ4n) is 5.54. The molecule has 0 unspecified atom stereocenters. The summed E-state index contributed by atoms with van der Waals surface area (Å²) in [6, 6.07) is 13.3. The molecule has 0 atom stereocenters. The van der Waals surface area contributed by atoms with Crippen LogP contribution in [-0.4, -0.2) is 27.0 Å². The van der Waals surface area contributed by atoms with Crippen LogP contribution in [0.5, 0.6) is 11.5 Å².